The summed E-state index contributed by atoms with van der Waals surface area (Å²) < 4.78 is 11.1. The maximum absolute atomic E-state index is 12.8. The van der Waals surface area contributed by atoms with Gasteiger partial charge in [0.05, 0.1) is 25.4 Å². The number of nitrogens with one attached hydrogen (secondary N) is 1. The van der Waals surface area contributed by atoms with E-state index in [4.69, 9.17) is 9.47 Å². The highest BCUT2D eigenvalue weighted by Gasteiger charge is 2.44. The Kier molecular flexibility index (Phi) is 26.6. The molecule has 6 N–H and O–H groups in total. The maximum Gasteiger partial charge on any atom is 0.220 e. The molecule has 1 aliphatic rings. The molecule has 1 fully saturated rings. The fourth-order valence-corrected chi connectivity index (χ4v) is 5.70. The van der Waals surface area contributed by atoms with Crippen molar-refractivity contribution in [2.24, 2.45) is 0 Å². The van der Waals surface area contributed by atoms with Crippen LogP contribution >= 0.6 is 0 Å². The van der Waals surface area contributed by atoms with Gasteiger partial charge in [-0.1, -0.05) is 134 Å². The van der Waals surface area contributed by atoms with E-state index in [2.05, 4.69) is 31.3 Å². The number of hydrogen-bond donors (Lipinski definition) is 6. The van der Waals surface area contributed by atoms with Crippen molar-refractivity contribution in [2.75, 3.05) is 13.2 Å². The molecule has 0 aromatic carbocycles. The maximum atomic E-state index is 12.8. The molecule has 1 amide bonds. The van der Waals surface area contributed by atoms with Crippen molar-refractivity contribution in [3.63, 3.8) is 0 Å². The third-order valence-electron chi connectivity index (χ3n) is 8.78. The molecule has 0 bridgehead atoms. The highest BCUT2D eigenvalue weighted by atomic mass is 16.7. The molecule has 0 saturated carbocycles. The van der Waals surface area contributed by atoms with Crippen LogP contribution in [0.1, 0.15) is 149 Å². The summed E-state index contributed by atoms with van der Waals surface area (Å²) in [5.41, 5.74) is 0. The Morgan fingerprint density at radius 1 is 0.717 bits per heavy atom. The molecule has 270 valence electrons. The van der Waals surface area contributed by atoms with Crippen molar-refractivity contribution in [3.05, 3.63) is 24.3 Å². The zero-order valence-corrected chi connectivity index (χ0v) is 29.1. The highest BCUT2D eigenvalue weighted by Crippen LogP contribution is 2.22. The van der Waals surface area contributed by atoms with Gasteiger partial charge in [0.15, 0.2) is 6.29 Å². The molecule has 0 radical (unpaired) electrons. The lowest BCUT2D eigenvalue weighted by atomic mass is 9.99. The van der Waals surface area contributed by atoms with Crippen molar-refractivity contribution in [2.45, 2.75) is 192 Å². The number of aliphatic hydroxyl groups is 5. The summed E-state index contributed by atoms with van der Waals surface area (Å²) in [6.07, 6.45) is 23.7. The highest BCUT2D eigenvalue weighted by molar-refractivity contribution is 5.76. The average molecular weight is 656 g/mol. The number of carbonyl (C=O) groups is 1. The molecule has 46 heavy (non-hydrogen) atoms. The first kappa shape index (κ1) is 42.7. The fraction of sp³-hybridized carbons (Fsp3) is 0.865. The van der Waals surface area contributed by atoms with Gasteiger partial charge < -0.3 is 40.3 Å². The van der Waals surface area contributed by atoms with Crippen molar-refractivity contribution >= 4 is 5.91 Å². The number of ether oxygens (including phenoxy) is 2. The van der Waals surface area contributed by atoms with Crippen LogP contribution in [0.3, 0.4) is 0 Å². The number of rotatable bonds is 29. The van der Waals surface area contributed by atoms with Crippen molar-refractivity contribution < 1.29 is 39.8 Å². The summed E-state index contributed by atoms with van der Waals surface area (Å²) in [6, 6.07) is -0.813. The van der Waals surface area contributed by atoms with Crippen LogP contribution in [-0.2, 0) is 14.3 Å². The van der Waals surface area contributed by atoms with Crippen LogP contribution in [0.15, 0.2) is 24.3 Å². The normalized spacial score (nSPS) is 23.3. The van der Waals surface area contributed by atoms with Crippen LogP contribution in [0.4, 0.5) is 0 Å². The third kappa shape index (κ3) is 20.1. The second-order valence-electron chi connectivity index (χ2n) is 13.0. The second-order valence-corrected chi connectivity index (χ2v) is 13.0. The summed E-state index contributed by atoms with van der Waals surface area (Å²) in [4.78, 5) is 12.8. The third-order valence-corrected chi connectivity index (χ3v) is 8.78. The van der Waals surface area contributed by atoms with Crippen molar-refractivity contribution in [1.29, 1.82) is 0 Å². The standard InChI is InChI=1S/C37H69NO8/c1-3-5-7-9-11-13-15-16-17-18-20-22-24-26-31(40)30(29-45-37-36(44)35(43)34(42)32(28-39)46-37)38-33(41)27-25-23-21-19-14-12-10-8-6-4-2/h17-18,24,26,30-32,34-37,39-40,42-44H,3-16,19-23,25,27-29H2,1-2H3,(H,38,41)/b18-17+,26-24+/t30-,31+,32+,34+,35?,36?,37+/m0/s1. The average Bonchev–Trinajstić information content (AvgIpc) is 3.05. The van der Waals surface area contributed by atoms with Crippen LogP contribution in [0.25, 0.3) is 0 Å². The van der Waals surface area contributed by atoms with E-state index in [1.807, 2.05) is 6.08 Å². The Labute approximate surface area is 279 Å². The fourth-order valence-electron chi connectivity index (χ4n) is 5.70. The zero-order chi connectivity index (χ0) is 33.8. The van der Waals surface area contributed by atoms with Crippen LogP contribution in [-0.4, -0.2) is 87.5 Å². The largest absolute Gasteiger partial charge is 0.394 e. The van der Waals surface area contributed by atoms with E-state index in [1.165, 1.54) is 89.9 Å². The van der Waals surface area contributed by atoms with Gasteiger partial charge in [-0.25, -0.2) is 0 Å². The van der Waals surface area contributed by atoms with Gasteiger partial charge >= 0.3 is 0 Å². The van der Waals surface area contributed by atoms with E-state index in [0.717, 1.165) is 38.5 Å². The summed E-state index contributed by atoms with van der Waals surface area (Å²) in [5, 5.41) is 53.7. The Hall–Kier alpha value is -1.33. The Morgan fingerprint density at radius 2 is 1.24 bits per heavy atom. The molecule has 0 spiro atoms. The lowest BCUT2D eigenvalue weighted by Crippen LogP contribution is -2.60. The topological polar surface area (TPSA) is 149 Å². The zero-order valence-electron chi connectivity index (χ0n) is 29.1. The number of allylic oxidation sites excluding steroid dienone is 3. The van der Waals surface area contributed by atoms with E-state index >= 15 is 0 Å². The lowest BCUT2D eigenvalue weighted by molar-refractivity contribution is -0.302. The number of unbranched alkanes of at least 4 members (excludes halogenated alkanes) is 17. The molecule has 0 aromatic heterocycles. The molecular formula is C37H69NO8. The first-order valence-electron chi connectivity index (χ1n) is 18.6. The lowest BCUT2D eigenvalue weighted by Gasteiger charge is -2.40. The van der Waals surface area contributed by atoms with Gasteiger partial charge in [-0.2, -0.15) is 0 Å². The van der Waals surface area contributed by atoms with E-state index in [0.29, 0.717) is 6.42 Å². The molecule has 2 unspecified atom stereocenters. The molecular weight excluding hydrogens is 586 g/mol. The van der Waals surface area contributed by atoms with Gasteiger partial charge in [-0.3, -0.25) is 4.79 Å². The molecule has 1 aliphatic heterocycles. The van der Waals surface area contributed by atoms with E-state index < -0.39 is 49.5 Å². The molecule has 0 aliphatic carbocycles. The van der Waals surface area contributed by atoms with E-state index in [-0.39, 0.29) is 12.5 Å². The van der Waals surface area contributed by atoms with E-state index in [1.54, 1.807) is 6.08 Å². The minimum atomic E-state index is -1.57. The molecule has 7 atom stereocenters. The molecule has 9 nitrogen and oxygen atoms in total. The number of aliphatic hydroxyl groups excluding tert-OH is 5. The molecule has 1 rings (SSSR count). The Morgan fingerprint density at radius 3 is 1.83 bits per heavy atom. The van der Waals surface area contributed by atoms with Crippen LogP contribution in [0, 0.1) is 0 Å². The molecule has 9 heteroatoms. The van der Waals surface area contributed by atoms with Crippen LogP contribution < -0.4 is 5.32 Å². The van der Waals surface area contributed by atoms with Gasteiger partial charge in [0.2, 0.25) is 5.91 Å². The summed E-state index contributed by atoms with van der Waals surface area (Å²) in [6.45, 7) is 3.69. The molecule has 1 heterocycles. The quantitative estimate of drug-likeness (QED) is 0.0425. The van der Waals surface area contributed by atoms with Crippen LogP contribution in [0.5, 0.6) is 0 Å². The number of carbonyl (C=O) groups excluding carboxylic acids is 1. The van der Waals surface area contributed by atoms with Gasteiger partial charge in [0.1, 0.15) is 24.4 Å². The summed E-state index contributed by atoms with van der Waals surface area (Å²) >= 11 is 0. The SMILES string of the molecule is CCCCCCCCC/C=C/CC/C=C/[C@@H](O)[C@H](CO[C@@H]1O[C@H](CO)[C@@H](O)C(O)C1O)NC(=O)CCCCCCCCCCCC. The minimum Gasteiger partial charge on any atom is -0.394 e. The summed E-state index contributed by atoms with van der Waals surface area (Å²) in [5.74, 6) is -0.192. The van der Waals surface area contributed by atoms with Gasteiger partial charge in [-0.15, -0.1) is 0 Å². The predicted octanol–water partition coefficient (Wildman–Crippen LogP) is 5.99. The van der Waals surface area contributed by atoms with Gasteiger partial charge in [-0.05, 0) is 32.1 Å². The predicted molar refractivity (Wildman–Crippen MR) is 184 cm³/mol. The monoisotopic (exact) mass is 656 g/mol. The first-order valence-corrected chi connectivity index (χ1v) is 18.6. The molecule has 1 saturated heterocycles. The second kappa shape index (κ2) is 28.7. The van der Waals surface area contributed by atoms with Crippen molar-refractivity contribution in [1.82, 2.24) is 5.32 Å². The Bertz CT molecular complexity index is 776. The smallest absolute Gasteiger partial charge is 0.220 e. The molecule has 0 aromatic rings. The van der Waals surface area contributed by atoms with Gasteiger partial charge in [0.25, 0.3) is 0 Å². The van der Waals surface area contributed by atoms with Crippen molar-refractivity contribution in [3.8, 4) is 0 Å². The minimum absolute atomic E-state index is 0.192. The van der Waals surface area contributed by atoms with Crippen LogP contribution in [0.2, 0.25) is 0 Å². The van der Waals surface area contributed by atoms with E-state index in [9.17, 15) is 30.3 Å². The van der Waals surface area contributed by atoms with Gasteiger partial charge in [0, 0.05) is 6.42 Å². The summed E-state index contributed by atoms with van der Waals surface area (Å²) in [7, 11) is 0. The number of hydrogen-bond acceptors (Lipinski definition) is 8. The Balaban J connectivity index is 2.52. The first-order chi connectivity index (χ1) is 22.3. The number of amides is 1.